The highest BCUT2D eigenvalue weighted by Gasteiger charge is 2.21. The number of carbonyl (C=O) groups excluding carboxylic acids is 1. The minimum atomic E-state index is -0.00122. The number of para-hydroxylation sites is 1. The molecule has 0 aliphatic heterocycles. The molecule has 0 radical (unpaired) electrons. The second kappa shape index (κ2) is 8.56. The van der Waals surface area contributed by atoms with Crippen LogP contribution in [0.15, 0.2) is 54.7 Å². The molecule has 1 atom stereocenters. The van der Waals surface area contributed by atoms with Crippen LogP contribution in [0.5, 0.6) is 5.75 Å². The number of fused-ring (bicyclic) bond motifs is 1. The first-order valence-electron chi connectivity index (χ1n) is 9.19. The third kappa shape index (κ3) is 4.07. The Labute approximate surface area is 154 Å². The topological polar surface area (TPSA) is 54.1 Å². The van der Waals surface area contributed by atoms with Gasteiger partial charge >= 0.3 is 0 Å². The normalized spacial score (nSPS) is 12.1. The van der Waals surface area contributed by atoms with Gasteiger partial charge in [0.05, 0.1) is 7.11 Å². The van der Waals surface area contributed by atoms with Crippen LogP contribution in [0.2, 0.25) is 0 Å². The Morgan fingerprint density at radius 3 is 2.65 bits per heavy atom. The Bertz CT molecular complexity index is 852. The van der Waals surface area contributed by atoms with E-state index in [1.165, 1.54) is 0 Å². The Hall–Kier alpha value is -2.75. The quantitative estimate of drug-likeness (QED) is 0.583. The van der Waals surface area contributed by atoms with E-state index in [1.807, 2.05) is 42.6 Å². The molecule has 0 bridgehead atoms. The summed E-state index contributed by atoms with van der Waals surface area (Å²) in [4.78, 5) is 15.8. The minimum absolute atomic E-state index is 0.00122. The van der Waals surface area contributed by atoms with Crippen molar-refractivity contribution in [2.45, 2.75) is 32.1 Å². The zero-order valence-corrected chi connectivity index (χ0v) is 15.4. The zero-order valence-electron chi connectivity index (χ0n) is 15.4. The molecule has 0 spiro atoms. The smallest absolute Gasteiger partial charge is 0.220 e. The van der Waals surface area contributed by atoms with Gasteiger partial charge in [0, 0.05) is 36.0 Å². The second-order valence-electron chi connectivity index (χ2n) is 6.52. The van der Waals surface area contributed by atoms with Gasteiger partial charge < -0.3 is 15.0 Å². The number of hydrogen-bond acceptors (Lipinski definition) is 2. The average Bonchev–Trinajstić information content (AvgIpc) is 3.10. The molecule has 4 nitrogen and oxygen atoms in total. The number of aromatic nitrogens is 1. The van der Waals surface area contributed by atoms with Crippen LogP contribution < -0.4 is 10.1 Å². The number of H-pyrrole nitrogens is 1. The van der Waals surface area contributed by atoms with Crippen LogP contribution in [0.25, 0.3) is 10.9 Å². The van der Waals surface area contributed by atoms with Crippen LogP contribution in [-0.2, 0) is 4.79 Å². The SMILES string of the molecule is CCCCNC(=O)C[C@@H](c1ccc(OC)cc1)c1c[nH]c2ccccc12. The van der Waals surface area contributed by atoms with E-state index in [2.05, 4.69) is 29.4 Å². The molecule has 3 aromatic rings. The lowest BCUT2D eigenvalue weighted by atomic mass is 9.88. The molecule has 0 aliphatic carbocycles. The van der Waals surface area contributed by atoms with Crippen molar-refractivity contribution in [1.82, 2.24) is 10.3 Å². The summed E-state index contributed by atoms with van der Waals surface area (Å²) in [6, 6.07) is 16.2. The highest BCUT2D eigenvalue weighted by molar-refractivity contribution is 5.86. The molecular weight excluding hydrogens is 324 g/mol. The number of benzene rings is 2. The summed E-state index contributed by atoms with van der Waals surface area (Å²) >= 11 is 0. The first kappa shape index (κ1) is 18.1. The third-order valence-electron chi connectivity index (χ3n) is 4.76. The third-order valence-corrected chi connectivity index (χ3v) is 4.76. The van der Waals surface area contributed by atoms with Crippen molar-refractivity contribution in [3.05, 3.63) is 65.9 Å². The Balaban J connectivity index is 1.91. The highest BCUT2D eigenvalue weighted by atomic mass is 16.5. The molecule has 4 heteroatoms. The molecule has 2 N–H and O–H groups in total. The maximum atomic E-state index is 12.5. The van der Waals surface area contributed by atoms with Gasteiger partial charge in [0.15, 0.2) is 0 Å². The number of amides is 1. The number of unbranched alkanes of at least 4 members (excludes halogenated alkanes) is 1. The summed E-state index contributed by atoms with van der Waals surface area (Å²) < 4.78 is 5.27. The zero-order chi connectivity index (χ0) is 18.4. The van der Waals surface area contributed by atoms with Gasteiger partial charge in [-0.15, -0.1) is 0 Å². The number of aromatic amines is 1. The van der Waals surface area contributed by atoms with Gasteiger partial charge in [0.25, 0.3) is 0 Å². The number of ether oxygens (including phenoxy) is 1. The number of nitrogens with one attached hydrogen (secondary N) is 2. The van der Waals surface area contributed by atoms with E-state index in [4.69, 9.17) is 4.74 Å². The van der Waals surface area contributed by atoms with Gasteiger partial charge in [-0.25, -0.2) is 0 Å². The van der Waals surface area contributed by atoms with Crippen molar-refractivity contribution in [1.29, 1.82) is 0 Å². The van der Waals surface area contributed by atoms with Gasteiger partial charge in [0.1, 0.15) is 5.75 Å². The molecule has 0 saturated carbocycles. The van der Waals surface area contributed by atoms with Crippen LogP contribution in [0, 0.1) is 0 Å². The lowest BCUT2D eigenvalue weighted by Crippen LogP contribution is -2.26. The fourth-order valence-electron chi connectivity index (χ4n) is 3.29. The standard InChI is InChI=1S/C22H26N2O2/c1-3-4-13-23-22(25)14-19(16-9-11-17(26-2)12-10-16)20-15-24-21-8-6-5-7-18(20)21/h5-12,15,19,24H,3-4,13-14H2,1-2H3,(H,23,25)/t19-/m0/s1. The molecule has 3 rings (SSSR count). The molecule has 0 fully saturated rings. The average molecular weight is 350 g/mol. The molecule has 0 aliphatic rings. The van der Waals surface area contributed by atoms with Gasteiger partial charge in [-0.3, -0.25) is 4.79 Å². The monoisotopic (exact) mass is 350 g/mol. The van der Waals surface area contributed by atoms with E-state index in [0.29, 0.717) is 6.42 Å². The van der Waals surface area contributed by atoms with Crippen molar-refractivity contribution in [2.24, 2.45) is 0 Å². The Kier molecular flexibility index (Phi) is 5.95. The summed E-state index contributed by atoms with van der Waals surface area (Å²) in [7, 11) is 1.66. The Morgan fingerprint density at radius 2 is 1.92 bits per heavy atom. The van der Waals surface area contributed by atoms with Gasteiger partial charge in [0.2, 0.25) is 5.91 Å². The fourth-order valence-corrected chi connectivity index (χ4v) is 3.29. The maximum Gasteiger partial charge on any atom is 0.220 e. The second-order valence-corrected chi connectivity index (χ2v) is 6.52. The largest absolute Gasteiger partial charge is 0.497 e. The van der Waals surface area contributed by atoms with Gasteiger partial charge in [-0.2, -0.15) is 0 Å². The van der Waals surface area contributed by atoms with Crippen molar-refractivity contribution >= 4 is 16.8 Å². The fraction of sp³-hybridized carbons (Fsp3) is 0.318. The van der Waals surface area contributed by atoms with E-state index < -0.39 is 0 Å². The van der Waals surface area contributed by atoms with Gasteiger partial charge in [-0.05, 0) is 35.7 Å². The number of carbonyl (C=O) groups is 1. The lowest BCUT2D eigenvalue weighted by Gasteiger charge is -2.17. The van der Waals surface area contributed by atoms with Crippen LogP contribution in [0.1, 0.15) is 43.2 Å². The van der Waals surface area contributed by atoms with Crippen molar-refractivity contribution in [2.75, 3.05) is 13.7 Å². The maximum absolute atomic E-state index is 12.5. The van der Waals surface area contributed by atoms with E-state index in [-0.39, 0.29) is 11.8 Å². The molecule has 26 heavy (non-hydrogen) atoms. The molecule has 2 aromatic carbocycles. The summed E-state index contributed by atoms with van der Waals surface area (Å²) in [6.07, 6.45) is 4.54. The van der Waals surface area contributed by atoms with E-state index in [9.17, 15) is 4.79 Å². The summed E-state index contributed by atoms with van der Waals surface area (Å²) in [5.74, 6) is 0.905. The predicted molar refractivity (Wildman–Crippen MR) is 106 cm³/mol. The molecule has 1 amide bonds. The number of rotatable bonds is 8. The first-order chi connectivity index (χ1) is 12.7. The molecule has 1 aromatic heterocycles. The molecular formula is C22H26N2O2. The highest BCUT2D eigenvalue weighted by Crippen LogP contribution is 2.34. The van der Waals surface area contributed by atoms with Crippen molar-refractivity contribution in [3.63, 3.8) is 0 Å². The molecule has 0 unspecified atom stereocenters. The molecule has 0 saturated heterocycles. The van der Waals surface area contributed by atoms with Crippen LogP contribution >= 0.6 is 0 Å². The lowest BCUT2D eigenvalue weighted by molar-refractivity contribution is -0.121. The summed E-state index contributed by atoms with van der Waals surface area (Å²) in [5.41, 5.74) is 3.35. The van der Waals surface area contributed by atoms with Gasteiger partial charge in [-0.1, -0.05) is 43.7 Å². The number of hydrogen-bond donors (Lipinski definition) is 2. The van der Waals surface area contributed by atoms with Crippen molar-refractivity contribution in [3.8, 4) is 5.75 Å². The van der Waals surface area contributed by atoms with Crippen LogP contribution in [0.4, 0.5) is 0 Å². The molecule has 1 heterocycles. The molecule has 136 valence electrons. The number of methoxy groups -OCH3 is 1. The van der Waals surface area contributed by atoms with Crippen LogP contribution in [0.3, 0.4) is 0 Å². The summed E-state index contributed by atoms with van der Waals surface area (Å²) in [6.45, 7) is 2.86. The minimum Gasteiger partial charge on any atom is -0.497 e. The summed E-state index contributed by atoms with van der Waals surface area (Å²) in [5, 5.41) is 4.20. The Morgan fingerprint density at radius 1 is 1.15 bits per heavy atom. The predicted octanol–water partition coefficient (Wildman–Crippen LogP) is 4.61. The van der Waals surface area contributed by atoms with Crippen molar-refractivity contribution < 1.29 is 9.53 Å². The van der Waals surface area contributed by atoms with E-state index in [1.54, 1.807) is 7.11 Å². The van der Waals surface area contributed by atoms with E-state index in [0.717, 1.165) is 47.2 Å². The van der Waals surface area contributed by atoms with Crippen LogP contribution in [-0.4, -0.2) is 24.5 Å². The first-order valence-corrected chi connectivity index (χ1v) is 9.19. The van der Waals surface area contributed by atoms with E-state index >= 15 is 0 Å².